The van der Waals surface area contributed by atoms with Gasteiger partial charge in [-0.25, -0.2) is 4.98 Å². The first-order valence-electron chi connectivity index (χ1n) is 7.42. The van der Waals surface area contributed by atoms with Crippen molar-refractivity contribution in [2.75, 3.05) is 23.5 Å². The Balaban J connectivity index is 1.53. The monoisotopic (exact) mass is 407 g/mol. The van der Waals surface area contributed by atoms with Crippen LogP contribution in [-0.4, -0.2) is 34.0 Å². The fourth-order valence-corrected chi connectivity index (χ4v) is 3.61. The SMILES string of the molecule is COc1ccccc1Nc1nnc(SCC(=O)Nc2ccc(Cl)cn2)s1. The Morgan fingerprint density at radius 1 is 1.27 bits per heavy atom. The average molecular weight is 408 g/mol. The Morgan fingerprint density at radius 3 is 2.88 bits per heavy atom. The number of thioether (sulfide) groups is 1. The van der Waals surface area contributed by atoms with Crippen LogP contribution in [0.4, 0.5) is 16.6 Å². The number of amides is 1. The van der Waals surface area contributed by atoms with Crippen LogP contribution in [0, 0.1) is 0 Å². The van der Waals surface area contributed by atoms with Crippen molar-refractivity contribution < 1.29 is 9.53 Å². The predicted molar refractivity (Wildman–Crippen MR) is 105 cm³/mol. The summed E-state index contributed by atoms with van der Waals surface area (Å²) in [5.74, 6) is 1.19. The third-order valence-corrected chi connectivity index (χ3v) is 5.27. The molecule has 1 aromatic carbocycles. The normalized spacial score (nSPS) is 10.4. The molecule has 0 saturated heterocycles. The second-order valence-corrected chi connectivity index (χ2v) is 7.53. The molecule has 0 aliphatic rings. The molecule has 0 spiro atoms. The molecule has 0 radical (unpaired) electrons. The maximum atomic E-state index is 12.0. The topological polar surface area (TPSA) is 89.0 Å². The van der Waals surface area contributed by atoms with Crippen molar-refractivity contribution in [2.45, 2.75) is 4.34 Å². The maximum Gasteiger partial charge on any atom is 0.235 e. The summed E-state index contributed by atoms with van der Waals surface area (Å²) in [6.45, 7) is 0. The molecule has 0 aliphatic heterocycles. The number of carbonyl (C=O) groups excluding carboxylic acids is 1. The fourth-order valence-electron chi connectivity index (χ4n) is 1.94. The highest BCUT2D eigenvalue weighted by Crippen LogP contribution is 2.31. The van der Waals surface area contributed by atoms with Gasteiger partial charge in [0.1, 0.15) is 11.6 Å². The Bertz CT molecular complexity index is 888. The van der Waals surface area contributed by atoms with Crippen LogP contribution in [0.15, 0.2) is 46.9 Å². The summed E-state index contributed by atoms with van der Waals surface area (Å²) in [5, 5.41) is 15.1. The molecule has 2 N–H and O–H groups in total. The molecule has 10 heteroatoms. The van der Waals surface area contributed by atoms with Crippen molar-refractivity contribution >= 4 is 57.2 Å². The number of hydrogen-bond acceptors (Lipinski definition) is 8. The number of halogens is 1. The molecule has 3 rings (SSSR count). The van der Waals surface area contributed by atoms with Gasteiger partial charge in [-0.1, -0.05) is 46.8 Å². The van der Waals surface area contributed by atoms with Gasteiger partial charge in [-0.2, -0.15) is 0 Å². The van der Waals surface area contributed by atoms with Crippen LogP contribution < -0.4 is 15.4 Å². The molecule has 0 aliphatic carbocycles. The van der Waals surface area contributed by atoms with E-state index in [9.17, 15) is 4.79 Å². The second-order valence-electron chi connectivity index (χ2n) is 4.90. The summed E-state index contributed by atoms with van der Waals surface area (Å²) >= 11 is 8.42. The number of methoxy groups -OCH3 is 1. The van der Waals surface area contributed by atoms with E-state index in [4.69, 9.17) is 16.3 Å². The molecule has 3 aromatic rings. The van der Waals surface area contributed by atoms with Gasteiger partial charge in [-0.3, -0.25) is 4.79 Å². The van der Waals surface area contributed by atoms with Crippen molar-refractivity contribution in [1.29, 1.82) is 0 Å². The number of nitrogens with one attached hydrogen (secondary N) is 2. The van der Waals surface area contributed by atoms with Crippen molar-refractivity contribution in [3.05, 3.63) is 47.6 Å². The number of nitrogens with zero attached hydrogens (tertiary/aromatic N) is 3. The van der Waals surface area contributed by atoms with E-state index in [2.05, 4.69) is 25.8 Å². The fraction of sp³-hybridized carbons (Fsp3) is 0.125. The Kier molecular flexibility index (Phi) is 6.26. The molecule has 0 fully saturated rings. The number of anilines is 3. The largest absolute Gasteiger partial charge is 0.495 e. The molecular formula is C16H14ClN5O2S2. The molecule has 0 atom stereocenters. The van der Waals surface area contributed by atoms with Crippen LogP contribution in [-0.2, 0) is 4.79 Å². The van der Waals surface area contributed by atoms with Crippen molar-refractivity contribution in [2.24, 2.45) is 0 Å². The molecule has 0 bridgehead atoms. The van der Waals surface area contributed by atoms with Gasteiger partial charge in [0.2, 0.25) is 11.0 Å². The van der Waals surface area contributed by atoms with E-state index in [1.54, 1.807) is 19.2 Å². The van der Waals surface area contributed by atoms with Crippen LogP contribution >= 0.6 is 34.7 Å². The first kappa shape index (κ1) is 18.4. The third kappa shape index (κ3) is 5.07. The molecular weight excluding hydrogens is 394 g/mol. The van der Waals surface area contributed by atoms with Gasteiger partial charge in [0.15, 0.2) is 4.34 Å². The third-order valence-electron chi connectivity index (χ3n) is 3.08. The molecule has 1 amide bonds. The van der Waals surface area contributed by atoms with Crippen LogP contribution in [0.5, 0.6) is 5.75 Å². The number of para-hydroxylation sites is 2. The summed E-state index contributed by atoms with van der Waals surface area (Å²) in [6.07, 6.45) is 1.48. The van der Waals surface area contributed by atoms with Crippen LogP contribution in [0.25, 0.3) is 0 Å². The first-order valence-corrected chi connectivity index (χ1v) is 9.60. The van der Waals surface area contributed by atoms with Gasteiger partial charge < -0.3 is 15.4 Å². The Hall–Kier alpha value is -2.36. The van der Waals surface area contributed by atoms with Crippen molar-refractivity contribution in [1.82, 2.24) is 15.2 Å². The van der Waals surface area contributed by atoms with Gasteiger partial charge in [0.25, 0.3) is 0 Å². The van der Waals surface area contributed by atoms with Crippen molar-refractivity contribution in [3.63, 3.8) is 0 Å². The van der Waals surface area contributed by atoms with Crippen LogP contribution in [0.3, 0.4) is 0 Å². The predicted octanol–water partition coefficient (Wildman–Crippen LogP) is 4.07. The first-order chi connectivity index (χ1) is 12.6. The average Bonchev–Trinajstić information content (AvgIpc) is 3.10. The smallest absolute Gasteiger partial charge is 0.235 e. The minimum absolute atomic E-state index is 0.181. The number of carbonyl (C=O) groups is 1. The van der Waals surface area contributed by atoms with E-state index in [0.29, 0.717) is 26.1 Å². The van der Waals surface area contributed by atoms with Crippen LogP contribution in [0.2, 0.25) is 5.02 Å². The summed E-state index contributed by atoms with van der Waals surface area (Å²) < 4.78 is 5.97. The van der Waals surface area contributed by atoms with Gasteiger partial charge in [0, 0.05) is 6.20 Å². The van der Waals surface area contributed by atoms with Gasteiger partial charge in [0.05, 0.1) is 23.6 Å². The van der Waals surface area contributed by atoms with E-state index >= 15 is 0 Å². The lowest BCUT2D eigenvalue weighted by Crippen LogP contribution is -2.14. The van der Waals surface area contributed by atoms with Gasteiger partial charge in [-0.15, -0.1) is 10.2 Å². The minimum Gasteiger partial charge on any atom is -0.495 e. The van der Waals surface area contributed by atoms with Crippen molar-refractivity contribution in [3.8, 4) is 5.75 Å². The highest BCUT2D eigenvalue weighted by atomic mass is 35.5. The zero-order valence-corrected chi connectivity index (χ0v) is 16.0. The second kappa shape index (κ2) is 8.84. The lowest BCUT2D eigenvalue weighted by Gasteiger charge is -2.07. The molecule has 2 aromatic heterocycles. The molecule has 26 heavy (non-hydrogen) atoms. The summed E-state index contributed by atoms with van der Waals surface area (Å²) in [7, 11) is 1.61. The van der Waals surface area contributed by atoms with Gasteiger partial charge >= 0.3 is 0 Å². The highest BCUT2D eigenvalue weighted by molar-refractivity contribution is 8.01. The van der Waals surface area contributed by atoms with Gasteiger partial charge in [-0.05, 0) is 24.3 Å². The number of rotatable bonds is 7. The maximum absolute atomic E-state index is 12.0. The lowest BCUT2D eigenvalue weighted by molar-refractivity contribution is -0.113. The van der Waals surface area contributed by atoms with E-state index in [0.717, 1.165) is 5.69 Å². The zero-order valence-electron chi connectivity index (χ0n) is 13.6. The molecule has 2 heterocycles. The number of ether oxygens (including phenoxy) is 1. The number of benzene rings is 1. The molecule has 134 valence electrons. The quantitative estimate of drug-likeness (QED) is 0.570. The Labute approximate surface area is 163 Å². The van der Waals surface area contributed by atoms with E-state index in [1.165, 1.54) is 29.3 Å². The molecule has 7 nitrogen and oxygen atoms in total. The Morgan fingerprint density at radius 2 is 2.12 bits per heavy atom. The molecule has 0 saturated carbocycles. The summed E-state index contributed by atoms with van der Waals surface area (Å²) in [4.78, 5) is 16.0. The number of pyridine rings is 1. The number of aromatic nitrogens is 3. The summed E-state index contributed by atoms with van der Waals surface area (Å²) in [6, 6.07) is 10.8. The standard InChI is InChI=1S/C16H14ClN5O2S2/c1-24-12-5-3-2-4-11(12)19-15-21-22-16(26-15)25-9-14(23)20-13-7-6-10(17)8-18-13/h2-8H,9H2,1H3,(H,19,21)(H,18,20,23). The minimum atomic E-state index is -0.181. The zero-order chi connectivity index (χ0) is 18.4. The van der Waals surface area contributed by atoms with E-state index in [-0.39, 0.29) is 11.7 Å². The molecule has 0 unspecified atom stereocenters. The van der Waals surface area contributed by atoms with E-state index < -0.39 is 0 Å². The summed E-state index contributed by atoms with van der Waals surface area (Å²) in [5.41, 5.74) is 0.800. The van der Waals surface area contributed by atoms with Crippen LogP contribution in [0.1, 0.15) is 0 Å². The van der Waals surface area contributed by atoms with E-state index in [1.807, 2.05) is 24.3 Å². The highest BCUT2D eigenvalue weighted by Gasteiger charge is 2.10. The number of hydrogen-bond donors (Lipinski definition) is 2. The lowest BCUT2D eigenvalue weighted by atomic mass is 10.3.